The maximum atomic E-state index is 12.3. The summed E-state index contributed by atoms with van der Waals surface area (Å²) in [5.41, 5.74) is 3.97. The smallest absolute Gasteiger partial charge is 0.309 e. The van der Waals surface area contributed by atoms with E-state index in [-0.39, 0.29) is 17.8 Å². The Hall–Kier alpha value is -2.09. The molecule has 0 spiro atoms. The highest BCUT2D eigenvalue weighted by Gasteiger charge is 2.40. The summed E-state index contributed by atoms with van der Waals surface area (Å²) in [6, 6.07) is 19.4. The number of benzene rings is 2. The van der Waals surface area contributed by atoms with E-state index >= 15 is 0 Å². The van der Waals surface area contributed by atoms with Crippen LogP contribution >= 0.6 is 0 Å². The fraction of sp³-hybridized carbons (Fsp3) is 0.435. The van der Waals surface area contributed by atoms with E-state index in [1.54, 1.807) is 0 Å². The van der Waals surface area contributed by atoms with E-state index in [4.69, 9.17) is 4.74 Å². The van der Waals surface area contributed by atoms with Crippen molar-refractivity contribution < 1.29 is 9.53 Å². The Labute approximate surface area is 151 Å². The molecule has 3 atom stereocenters. The summed E-state index contributed by atoms with van der Waals surface area (Å²) in [6.45, 7) is 4.41. The first-order valence-electron chi connectivity index (χ1n) is 9.30. The molecule has 1 saturated carbocycles. The highest BCUT2D eigenvalue weighted by atomic mass is 16.5. The van der Waals surface area contributed by atoms with Crippen molar-refractivity contribution in [3.8, 4) is 0 Å². The van der Waals surface area contributed by atoms with Crippen molar-refractivity contribution in [2.45, 2.75) is 44.9 Å². The molecule has 3 rings (SSSR count). The lowest BCUT2D eigenvalue weighted by atomic mass is 9.87. The molecule has 2 heteroatoms. The third-order valence-electron chi connectivity index (χ3n) is 5.56. The van der Waals surface area contributed by atoms with Crippen molar-refractivity contribution in [2.24, 2.45) is 11.8 Å². The maximum Gasteiger partial charge on any atom is 0.309 e. The molecule has 0 bridgehead atoms. The molecule has 132 valence electrons. The van der Waals surface area contributed by atoms with Gasteiger partial charge in [-0.05, 0) is 53.7 Å². The summed E-state index contributed by atoms with van der Waals surface area (Å²) < 4.78 is 5.11. The summed E-state index contributed by atoms with van der Waals surface area (Å²) in [4.78, 5) is 12.3. The number of carbonyl (C=O) groups excluding carboxylic acids is 1. The van der Waals surface area contributed by atoms with Gasteiger partial charge in [0.25, 0.3) is 0 Å². The van der Waals surface area contributed by atoms with Crippen molar-refractivity contribution in [1.29, 1.82) is 0 Å². The average Bonchev–Trinajstić information content (AvgIpc) is 3.05. The fourth-order valence-corrected chi connectivity index (χ4v) is 4.17. The van der Waals surface area contributed by atoms with E-state index < -0.39 is 0 Å². The van der Waals surface area contributed by atoms with Gasteiger partial charge in [-0.1, -0.05) is 68.4 Å². The van der Waals surface area contributed by atoms with Gasteiger partial charge in [-0.3, -0.25) is 4.79 Å². The molecule has 1 aliphatic rings. The van der Waals surface area contributed by atoms with Crippen LogP contribution in [-0.4, -0.2) is 13.1 Å². The van der Waals surface area contributed by atoms with Gasteiger partial charge in [-0.15, -0.1) is 0 Å². The Morgan fingerprint density at radius 1 is 1.04 bits per heavy atom. The monoisotopic (exact) mass is 336 g/mol. The molecular weight excluding hydrogens is 308 g/mol. The Bertz CT molecular complexity index is 688. The Balaban J connectivity index is 1.79. The second-order valence-electron chi connectivity index (χ2n) is 7.58. The molecule has 2 unspecified atom stereocenters. The summed E-state index contributed by atoms with van der Waals surface area (Å²) in [6.07, 6.45) is 3.00. The zero-order valence-corrected chi connectivity index (χ0v) is 15.4. The van der Waals surface area contributed by atoms with Crippen molar-refractivity contribution in [3.63, 3.8) is 0 Å². The SMILES string of the molecule is COC(=O)[C@H]1CC(Cc2ccccc2)CC1c1ccc(C(C)C)cc1. The topological polar surface area (TPSA) is 26.3 Å². The third kappa shape index (κ3) is 4.12. The van der Waals surface area contributed by atoms with E-state index in [0.717, 1.165) is 19.3 Å². The van der Waals surface area contributed by atoms with Crippen LogP contribution in [0, 0.1) is 11.8 Å². The number of hydrogen-bond donors (Lipinski definition) is 0. The molecule has 1 aliphatic carbocycles. The number of rotatable bonds is 5. The van der Waals surface area contributed by atoms with Crippen LogP contribution in [0.15, 0.2) is 54.6 Å². The van der Waals surface area contributed by atoms with E-state index in [2.05, 4.69) is 68.4 Å². The van der Waals surface area contributed by atoms with Gasteiger partial charge < -0.3 is 4.74 Å². The van der Waals surface area contributed by atoms with Crippen LogP contribution in [0.2, 0.25) is 0 Å². The molecule has 25 heavy (non-hydrogen) atoms. The third-order valence-corrected chi connectivity index (χ3v) is 5.56. The Morgan fingerprint density at radius 3 is 2.32 bits per heavy atom. The molecule has 0 heterocycles. The number of hydrogen-bond acceptors (Lipinski definition) is 2. The number of carbonyl (C=O) groups is 1. The molecule has 2 aromatic rings. The fourth-order valence-electron chi connectivity index (χ4n) is 4.17. The van der Waals surface area contributed by atoms with Gasteiger partial charge in [0.05, 0.1) is 13.0 Å². The summed E-state index contributed by atoms with van der Waals surface area (Å²) in [5, 5.41) is 0. The molecular formula is C23H28O2. The zero-order chi connectivity index (χ0) is 17.8. The first-order chi connectivity index (χ1) is 12.1. The predicted octanol–water partition coefficient (Wildman–Crippen LogP) is 5.34. The average molecular weight is 336 g/mol. The normalized spacial score (nSPS) is 23.0. The molecule has 0 amide bonds. The molecule has 0 radical (unpaired) electrons. The second-order valence-corrected chi connectivity index (χ2v) is 7.58. The quantitative estimate of drug-likeness (QED) is 0.689. The van der Waals surface area contributed by atoms with Crippen LogP contribution in [-0.2, 0) is 16.0 Å². The minimum atomic E-state index is -0.0616. The van der Waals surface area contributed by atoms with Crippen LogP contribution in [0.5, 0.6) is 0 Å². The molecule has 2 aromatic carbocycles. The van der Waals surface area contributed by atoms with Crippen molar-refractivity contribution >= 4 is 5.97 Å². The number of methoxy groups -OCH3 is 1. The predicted molar refractivity (Wildman–Crippen MR) is 102 cm³/mol. The minimum absolute atomic E-state index is 0.0244. The lowest BCUT2D eigenvalue weighted by Crippen LogP contribution is -2.19. The Kier molecular flexibility index (Phi) is 5.57. The van der Waals surface area contributed by atoms with Crippen LogP contribution in [0.3, 0.4) is 0 Å². The van der Waals surface area contributed by atoms with Gasteiger partial charge in [-0.25, -0.2) is 0 Å². The van der Waals surface area contributed by atoms with Gasteiger partial charge in [-0.2, -0.15) is 0 Å². The first-order valence-corrected chi connectivity index (χ1v) is 9.30. The van der Waals surface area contributed by atoms with Gasteiger partial charge >= 0.3 is 5.97 Å². The van der Waals surface area contributed by atoms with Crippen molar-refractivity contribution in [3.05, 3.63) is 71.3 Å². The van der Waals surface area contributed by atoms with E-state index in [0.29, 0.717) is 11.8 Å². The van der Waals surface area contributed by atoms with Gasteiger partial charge in [0.1, 0.15) is 0 Å². The highest BCUT2D eigenvalue weighted by molar-refractivity contribution is 5.74. The number of esters is 1. The minimum Gasteiger partial charge on any atom is -0.469 e. The summed E-state index contributed by atoms with van der Waals surface area (Å²) in [5.74, 6) is 1.24. The van der Waals surface area contributed by atoms with E-state index in [9.17, 15) is 4.79 Å². The largest absolute Gasteiger partial charge is 0.469 e. The maximum absolute atomic E-state index is 12.3. The zero-order valence-electron chi connectivity index (χ0n) is 15.4. The van der Waals surface area contributed by atoms with Gasteiger partial charge in [0.15, 0.2) is 0 Å². The molecule has 0 aromatic heterocycles. The lowest BCUT2D eigenvalue weighted by molar-refractivity contribution is -0.145. The summed E-state index contributed by atoms with van der Waals surface area (Å²) >= 11 is 0. The van der Waals surface area contributed by atoms with Crippen LogP contribution < -0.4 is 0 Å². The van der Waals surface area contributed by atoms with Crippen LogP contribution in [0.25, 0.3) is 0 Å². The summed E-state index contributed by atoms with van der Waals surface area (Å²) in [7, 11) is 1.51. The van der Waals surface area contributed by atoms with Crippen molar-refractivity contribution in [1.82, 2.24) is 0 Å². The first kappa shape index (κ1) is 17.7. The van der Waals surface area contributed by atoms with Gasteiger partial charge in [0.2, 0.25) is 0 Å². The second kappa shape index (κ2) is 7.86. The molecule has 0 N–H and O–H groups in total. The van der Waals surface area contributed by atoms with Gasteiger partial charge in [0, 0.05) is 0 Å². The van der Waals surface area contributed by atoms with Crippen LogP contribution in [0.1, 0.15) is 55.2 Å². The Morgan fingerprint density at radius 2 is 1.72 bits per heavy atom. The number of ether oxygens (including phenoxy) is 1. The molecule has 2 nitrogen and oxygen atoms in total. The molecule has 0 saturated heterocycles. The lowest BCUT2D eigenvalue weighted by Gasteiger charge is -2.18. The van der Waals surface area contributed by atoms with E-state index in [1.807, 2.05) is 0 Å². The van der Waals surface area contributed by atoms with E-state index in [1.165, 1.54) is 23.8 Å². The highest BCUT2D eigenvalue weighted by Crippen LogP contribution is 2.45. The standard InChI is InChI=1S/C23H28O2/c1-16(2)19-9-11-20(12-10-19)21-14-18(15-22(21)23(24)25-3)13-17-7-5-4-6-8-17/h4-12,16,18,21-22H,13-15H2,1-3H3/t18?,21?,22-/m0/s1. The molecule has 0 aliphatic heterocycles. The molecule has 1 fully saturated rings. The van der Waals surface area contributed by atoms with Crippen LogP contribution in [0.4, 0.5) is 0 Å². The van der Waals surface area contributed by atoms with Crippen molar-refractivity contribution in [2.75, 3.05) is 7.11 Å².